The number of nitrogens with zero attached hydrogens (tertiary/aromatic N) is 2. The lowest BCUT2D eigenvalue weighted by Crippen LogP contribution is -2.38. The van der Waals surface area contributed by atoms with Gasteiger partial charge >= 0.3 is 5.97 Å². The molecule has 1 aliphatic carbocycles. The molecule has 0 spiro atoms. The van der Waals surface area contributed by atoms with Crippen LogP contribution in [-0.4, -0.2) is 39.7 Å². The number of aryl methyl sites for hydroxylation is 1. The minimum atomic E-state index is -0.243. The number of fused-ring (bicyclic) bond motifs is 3. The van der Waals surface area contributed by atoms with Crippen molar-refractivity contribution in [2.75, 3.05) is 6.61 Å². The number of hydrogen-bond acceptors (Lipinski definition) is 5. The van der Waals surface area contributed by atoms with E-state index in [0.29, 0.717) is 24.3 Å². The van der Waals surface area contributed by atoms with E-state index >= 15 is 0 Å². The molecule has 2 aliphatic heterocycles. The van der Waals surface area contributed by atoms with Crippen LogP contribution in [0.4, 0.5) is 0 Å². The Morgan fingerprint density at radius 2 is 2.21 bits per heavy atom. The largest absolute Gasteiger partial charge is 0.462 e. The van der Waals surface area contributed by atoms with Gasteiger partial charge in [-0.2, -0.15) is 0 Å². The van der Waals surface area contributed by atoms with Crippen molar-refractivity contribution in [1.29, 1.82) is 0 Å². The van der Waals surface area contributed by atoms with Crippen LogP contribution in [0, 0.1) is 13.8 Å². The van der Waals surface area contributed by atoms with Gasteiger partial charge in [-0.25, -0.2) is 4.79 Å². The van der Waals surface area contributed by atoms with E-state index in [-0.39, 0.29) is 5.97 Å². The lowest BCUT2D eigenvalue weighted by molar-refractivity contribution is 0.0525. The number of ether oxygens (including phenoxy) is 1. The fraction of sp³-hybridized carbons (Fsp3) is 0.556. The highest BCUT2D eigenvalue weighted by molar-refractivity contribution is 8.16. The Morgan fingerprint density at radius 3 is 3.00 bits per heavy atom. The third-order valence-corrected chi connectivity index (χ3v) is 6.07. The number of aromatic nitrogens is 1. The summed E-state index contributed by atoms with van der Waals surface area (Å²) in [7, 11) is 0. The monoisotopic (exact) mass is 345 g/mol. The third-order valence-electron chi connectivity index (χ3n) is 5.22. The van der Waals surface area contributed by atoms with E-state index in [9.17, 15) is 4.79 Å². The number of hydrogen-bond donors (Lipinski definition) is 1. The molecule has 0 saturated heterocycles. The Balaban J connectivity index is 1.69. The fourth-order valence-electron chi connectivity index (χ4n) is 4.12. The first kappa shape index (κ1) is 15.8. The van der Waals surface area contributed by atoms with Crippen LogP contribution in [0.3, 0.4) is 0 Å². The Morgan fingerprint density at radius 1 is 1.42 bits per heavy atom. The molecular weight excluding hydrogens is 322 g/mol. The molecule has 0 bridgehead atoms. The summed E-state index contributed by atoms with van der Waals surface area (Å²) in [6.07, 6.45) is 4.94. The highest BCUT2D eigenvalue weighted by Crippen LogP contribution is 2.44. The van der Waals surface area contributed by atoms with E-state index in [1.165, 1.54) is 25.7 Å². The van der Waals surface area contributed by atoms with Crippen molar-refractivity contribution in [3.8, 4) is 0 Å². The Bertz CT molecular complexity index is 750. The van der Waals surface area contributed by atoms with E-state index in [4.69, 9.17) is 9.73 Å². The van der Waals surface area contributed by atoms with Gasteiger partial charge in [0, 0.05) is 11.1 Å². The third kappa shape index (κ3) is 2.31. The number of aromatic amines is 1. The zero-order chi connectivity index (χ0) is 16.8. The second kappa shape index (κ2) is 5.99. The molecule has 6 heteroatoms. The van der Waals surface area contributed by atoms with Crippen LogP contribution >= 0.6 is 11.8 Å². The first-order valence-electron chi connectivity index (χ1n) is 8.72. The van der Waals surface area contributed by atoms with Gasteiger partial charge in [-0.15, -0.1) is 0 Å². The number of H-pyrrole nitrogens is 1. The number of nitrogens with one attached hydrogen (secondary N) is 1. The van der Waals surface area contributed by atoms with Gasteiger partial charge in [0.15, 0.2) is 5.17 Å². The van der Waals surface area contributed by atoms with Crippen LogP contribution in [0.1, 0.15) is 59.9 Å². The highest BCUT2D eigenvalue weighted by atomic mass is 32.2. The van der Waals surface area contributed by atoms with Crippen molar-refractivity contribution in [3.63, 3.8) is 0 Å². The maximum absolute atomic E-state index is 12.3. The molecule has 0 aromatic carbocycles. The average Bonchev–Trinajstić information content (AvgIpc) is 3.19. The predicted octanol–water partition coefficient (Wildman–Crippen LogP) is 3.84. The molecule has 0 unspecified atom stereocenters. The van der Waals surface area contributed by atoms with Crippen molar-refractivity contribution in [3.05, 3.63) is 27.9 Å². The van der Waals surface area contributed by atoms with E-state index < -0.39 is 0 Å². The van der Waals surface area contributed by atoms with Crippen molar-refractivity contribution in [1.82, 2.24) is 9.88 Å². The Kier molecular flexibility index (Phi) is 3.95. The summed E-state index contributed by atoms with van der Waals surface area (Å²) in [6, 6.07) is 0.912. The maximum atomic E-state index is 12.3. The summed E-state index contributed by atoms with van der Waals surface area (Å²) < 4.78 is 5.22. The van der Waals surface area contributed by atoms with Crippen LogP contribution in [0.5, 0.6) is 0 Å². The molecule has 1 N–H and O–H groups in total. The van der Waals surface area contributed by atoms with Crippen molar-refractivity contribution >= 4 is 28.6 Å². The van der Waals surface area contributed by atoms with E-state index in [1.54, 1.807) is 11.8 Å². The maximum Gasteiger partial charge on any atom is 0.340 e. The van der Waals surface area contributed by atoms with E-state index in [2.05, 4.69) is 15.3 Å². The van der Waals surface area contributed by atoms with Crippen LogP contribution in [0.25, 0.3) is 5.70 Å². The normalized spacial score (nSPS) is 25.2. The fourth-order valence-corrected chi connectivity index (χ4v) is 5.11. The van der Waals surface area contributed by atoms with Crippen molar-refractivity contribution in [2.45, 2.75) is 58.5 Å². The second-order valence-corrected chi connectivity index (χ2v) is 7.50. The highest BCUT2D eigenvalue weighted by Gasteiger charge is 2.43. The Labute approximate surface area is 146 Å². The van der Waals surface area contributed by atoms with Gasteiger partial charge in [0.1, 0.15) is 0 Å². The number of amidine groups is 1. The molecular formula is C18H23N3O2S. The number of carbonyl (C=O) groups excluding carboxylic acids is 1. The zero-order valence-electron chi connectivity index (χ0n) is 14.4. The van der Waals surface area contributed by atoms with Gasteiger partial charge in [0.05, 0.1) is 35.6 Å². The number of aliphatic imine (C=N–C) groups is 1. The summed E-state index contributed by atoms with van der Waals surface area (Å²) in [6.45, 7) is 6.17. The van der Waals surface area contributed by atoms with Gasteiger partial charge in [0.25, 0.3) is 0 Å². The second-order valence-electron chi connectivity index (χ2n) is 6.67. The molecule has 1 saturated carbocycles. The molecule has 2 atom stereocenters. The predicted molar refractivity (Wildman–Crippen MR) is 97.1 cm³/mol. The summed E-state index contributed by atoms with van der Waals surface area (Å²) in [5.74, 6) is -0.243. The summed E-state index contributed by atoms with van der Waals surface area (Å²) in [5, 5.41) is 3.28. The van der Waals surface area contributed by atoms with Gasteiger partial charge in [0.2, 0.25) is 0 Å². The van der Waals surface area contributed by atoms with Gasteiger partial charge in [-0.1, -0.05) is 24.6 Å². The quantitative estimate of drug-likeness (QED) is 0.846. The topological polar surface area (TPSA) is 57.7 Å². The Hall–Kier alpha value is -1.69. The lowest BCUT2D eigenvalue weighted by atomic mass is 9.90. The molecule has 1 fully saturated rings. The lowest BCUT2D eigenvalue weighted by Gasteiger charge is -2.31. The molecule has 0 amide bonds. The van der Waals surface area contributed by atoms with Gasteiger partial charge in [-0.05, 0) is 39.2 Å². The summed E-state index contributed by atoms with van der Waals surface area (Å²) in [5.41, 5.74) is 4.70. The molecule has 1 aromatic heterocycles. The molecule has 1 aromatic rings. The molecule has 24 heavy (non-hydrogen) atoms. The SMILES string of the molecule is CCOC(=O)c1c(C)[nH]c(C2=CSC3=N[C@H]4CCCC[C@@H]4N23)c1C. The molecule has 3 aliphatic rings. The number of thioether (sulfide) groups is 1. The first-order valence-corrected chi connectivity index (χ1v) is 9.60. The zero-order valence-corrected chi connectivity index (χ0v) is 15.2. The van der Waals surface area contributed by atoms with Gasteiger partial charge < -0.3 is 14.6 Å². The number of carbonyl (C=O) groups is 1. The van der Waals surface area contributed by atoms with Crippen LogP contribution < -0.4 is 0 Å². The molecule has 3 heterocycles. The number of esters is 1. The summed E-state index contributed by atoms with van der Waals surface area (Å²) in [4.78, 5) is 23.0. The smallest absolute Gasteiger partial charge is 0.340 e. The van der Waals surface area contributed by atoms with E-state index in [0.717, 1.165) is 27.8 Å². The minimum Gasteiger partial charge on any atom is -0.462 e. The van der Waals surface area contributed by atoms with Crippen LogP contribution in [0.15, 0.2) is 10.4 Å². The molecule has 4 rings (SSSR count). The first-order chi connectivity index (χ1) is 11.6. The molecule has 5 nitrogen and oxygen atoms in total. The number of rotatable bonds is 3. The van der Waals surface area contributed by atoms with Gasteiger partial charge in [-0.3, -0.25) is 4.99 Å². The van der Waals surface area contributed by atoms with E-state index in [1.807, 2.05) is 20.8 Å². The average molecular weight is 345 g/mol. The summed E-state index contributed by atoms with van der Waals surface area (Å²) >= 11 is 1.70. The van der Waals surface area contributed by atoms with Crippen LogP contribution in [0.2, 0.25) is 0 Å². The minimum absolute atomic E-state index is 0.243. The standard InChI is InChI=1S/C18H23N3O2S/c1-4-23-17(22)15-10(2)16(19-11(15)3)14-9-24-18-20-12-7-5-6-8-13(12)21(14)18/h9,12-13,19H,4-8H2,1-3H3/t12-,13-/m0/s1. The molecule has 0 radical (unpaired) electrons. The molecule has 128 valence electrons. The van der Waals surface area contributed by atoms with Crippen LogP contribution in [-0.2, 0) is 4.74 Å². The van der Waals surface area contributed by atoms with Crippen molar-refractivity contribution in [2.24, 2.45) is 4.99 Å². The van der Waals surface area contributed by atoms with Crippen molar-refractivity contribution < 1.29 is 9.53 Å².